The number of hydrogen-bond donors (Lipinski definition) is 2. The van der Waals surface area contributed by atoms with Crippen molar-refractivity contribution < 1.29 is 31.8 Å². The Kier molecular flexibility index (Phi) is 2.01. The topological polar surface area (TPSA) is 109 Å². The third-order valence-corrected chi connectivity index (χ3v) is 3.27. The molecule has 0 spiro atoms. The van der Waals surface area contributed by atoms with Gasteiger partial charge in [0.05, 0.1) is 4.05 Å². The van der Waals surface area contributed by atoms with Gasteiger partial charge in [0.15, 0.2) is 0 Å². The number of imide groups is 1. The van der Waals surface area contributed by atoms with Gasteiger partial charge in [-0.05, 0) is 12.1 Å². The fraction of sp³-hybridized carbons (Fsp3) is 0. The largest absolute Gasteiger partial charge is 0.480 e. The van der Waals surface area contributed by atoms with E-state index in [4.69, 9.17) is 4.55 Å². The maximum Gasteiger partial charge on any atom is 0.480 e. The van der Waals surface area contributed by atoms with Crippen LogP contribution in [0.25, 0.3) is 0 Å². The molecule has 1 aromatic rings. The summed E-state index contributed by atoms with van der Waals surface area (Å²) in [6.45, 7) is 0. The summed E-state index contributed by atoms with van der Waals surface area (Å²) in [5, 5.41) is 9.49. The quantitative estimate of drug-likeness (QED) is 0.311. The molecule has 0 atom stereocenters. The van der Waals surface area contributed by atoms with Gasteiger partial charge in [0.25, 0.3) is 0 Å². The number of hydrogen-bond acceptors (Lipinski definition) is 5. The highest BCUT2D eigenvalue weighted by Gasteiger charge is 2.63. The summed E-state index contributed by atoms with van der Waals surface area (Å²) in [6, 6.07) is 5.20. The molecule has 8 heteroatoms. The van der Waals surface area contributed by atoms with Gasteiger partial charge in [-0.1, -0.05) is 12.1 Å². The van der Waals surface area contributed by atoms with E-state index in [0.29, 0.717) is 0 Å². The normalized spacial score (nSPS) is 18.6. The highest BCUT2D eigenvalue weighted by Crippen LogP contribution is 2.30. The average Bonchev–Trinajstić information content (AvgIpc) is 2.42. The van der Waals surface area contributed by atoms with Gasteiger partial charge >= 0.3 is 22.1 Å². The minimum absolute atomic E-state index is 0.243. The van der Waals surface area contributed by atoms with Crippen molar-refractivity contribution in [3.8, 4) is 0 Å². The zero-order valence-electron chi connectivity index (χ0n) is 7.69. The van der Waals surface area contributed by atoms with Gasteiger partial charge in [0, 0.05) is 0 Å². The van der Waals surface area contributed by atoms with Crippen molar-refractivity contribution in [2.45, 2.75) is 0 Å². The molecule has 0 radical (unpaired) electrons. The standard InChI is InChI=1S/C8H5NO6S/c10-7-5-3-1-2-4-6(5)8(11)9(7,12)16(13,14)15/h1-4,12H/p+1. The van der Waals surface area contributed by atoms with Crippen molar-refractivity contribution >= 4 is 22.1 Å². The molecule has 1 aliphatic rings. The Balaban J connectivity index is 2.78. The van der Waals surface area contributed by atoms with Crippen LogP contribution in [-0.4, -0.2) is 34.0 Å². The number of fused-ring (bicyclic) bond motifs is 1. The lowest BCUT2D eigenvalue weighted by atomic mass is 10.1. The van der Waals surface area contributed by atoms with Gasteiger partial charge in [0.2, 0.25) is 0 Å². The Morgan fingerprint density at radius 1 is 1.00 bits per heavy atom. The molecular weight excluding hydrogens is 238 g/mol. The summed E-state index contributed by atoms with van der Waals surface area (Å²) in [6.07, 6.45) is 0. The van der Waals surface area contributed by atoms with Gasteiger partial charge in [-0.25, -0.2) is 14.1 Å². The maximum absolute atomic E-state index is 11.5. The fourth-order valence-corrected chi connectivity index (χ4v) is 2.10. The Labute approximate surface area is 90.0 Å². The van der Waals surface area contributed by atoms with E-state index in [1.54, 1.807) is 0 Å². The number of carbonyl (C=O) groups excluding carboxylic acids is 2. The molecule has 84 valence electrons. The average molecular weight is 244 g/mol. The lowest BCUT2D eigenvalue weighted by Crippen LogP contribution is -2.53. The van der Waals surface area contributed by atoms with Crippen LogP contribution < -0.4 is 0 Å². The van der Waals surface area contributed by atoms with Crippen LogP contribution in [-0.2, 0) is 10.3 Å². The van der Waals surface area contributed by atoms with E-state index in [9.17, 15) is 23.2 Å². The summed E-state index contributed by atoms with van der Waals surface area (Å²) in [4.78, 5) is 23.1. The summed E-state index contributed by atoms with van der Waals surface area (Å²) in [5.74, 6) is -2.77. The molecule has 2 amide bonds. The molecule has 0 bridgehead atoms. The van der Waals surface area contributed by atoms with Crippen molar-refractivity contribution in [1.82, 2.24) is 0 Å². The van der Waals surface area contributed by atoms with E-state index in [2.05, 4.69) is 0 Å². The van der Waals surface area contributed by atoms with Crippen LogP contribution in [0.15, 0.2) is 24.3 Å². The summed E-state index contributed by atoms with van der Waals surface area (Å²) in [5.41, 5.74) is -0.486. The lowest BCUT2D eigenvalue weighted by Gasteiger charge is -2.12. The third kappa shape index (κ3) is 1.09. The number of carbonyl (C=O) groups is 2. The van der Waals surface area contributed by atoms with E-state index >= 15 is 0 Å². The number of benzene rings is 1. The van der Waals surface area contributed by atoms with Crippen molar-refractivity contribution in [3.05, 3.63) is 35.4 Å². The first-order valence-corrected chi connectivity index (χ1v) is 5.48. The SMILES string of the molecule is O=C1c2ccccc2C(=O)[N+]1(O)S(=O)(=O)O. The Morgan fingerprint density at radius 2 is 1.38 bits per heavy atom. The molecule has 0 saturated carbocycles. The summed E-state index contributed by atoms with van der Waals surface area (Å²) >= 11 is 0. The summed E-state index contributed by atoms with van der Waals surface area (Å²) < 4.78 is 27.9. The second kappa shape index (κ2) is 2.95. The van der Waals surface area contributed by atoms with E-state index in [-0.39, 0.29) is 11.1 Å². The van der Waals surface area contributed by atoms with E-state index in [1.807, 2.05) is 0 Å². The van der Waals surface area contributed by atoms with Crippen LogP contribution in [0, 0.1) is 0 Å². The Morgan fingerprint density at radius 3 is 1.69 bits per heavy atom. The predicted molar refractivity (Wildman–Crippen MR) is 48.7 cm³/mol. The zero-order valence-corrected chi connectivity index (χ0v) is 8.51. The Hall–Kier alpha value is -1.61. The van der Waals surface area contributed by atoms with Crippen LogP contribution in [0.3, 0.4) is 0 Å². The molecule has 0 unspecified atom stereocenters. The van der Waals surface area contributed by atoms with Gasteiger partial charge in [0.1, 0.15) is 11.1 Å². The highest BCUT2D eigenvalue weighted by molar-refractivity contribution is 7.80. The minimum Gasteiger partial charge on any atom is -0.238 e. The first kappa shape index (κ1) is 10.9. The number of hydroxylamine groups is 2. The number of quaternary nitrogens is 1. The molecular formula is C8H6NO6S+. The second-order valence-corrected chi connectivity index (χ2v) is 4.60. The minimum atomic E-state index is -5.27. The fourth-order valence-electron chi connectivity index (χ4n) is 1.48. The van der Waals surface area contributed by atoms with Crippen molar-refractivity contribution in [3.63, 3.8) is 0 Å². The zero-order chi connectivity index (χ0) is 12.1. The van der Waals surface area contributed by atoms with E-state index in [0.717, 1.165) is 0 Å². The predicted octanol–water partition coefficient (Wildman–Crippen LogP) is -0.0106. The molecule has 1 heterocycles. The van der Waals surface area contributed by atoms with Crippen LogP contribution in [0.2, 0.25) is 0 Å². The molecule has 2 rings (SSSR count). The lowest BCUT2D eigenvalue weighted by molar-refractivity contribution is -0.859. The molecule has 2 N–H and O–H groups in total. The molecule has 0 saturated heterocycles. The first-order valence-electron chi connectivity index (χ1n) is 4.08. The molecule has 1 aromatic carbocycles. The molecule has 7 nitrogen and oxygen atoms in total. The highest BCUT2D eigenvalue weighted by atomic mass is 32.2. The number of amides is 2. The smallest absolute Gasteiger partial charge is 0.238 e. The Bertz CT molecular complexity index is 570. The first-order chi connectivity index (χ1) is 7.30. The monoisotopic (exact) mass is 244 g/mol. The van der Waals surface area contributed by atoms with Gasteiger partial charge in [-0.2, -0.15) is 5.21 Å². The van der Waals surface area contributed by atoms with Crippen LogP contribution in [0.4, 0.5) is 0 Å². The van der Waals surface area contributed by atoms with Crippen LogP contribution >= 0.6 is 0 Å². The van der Waals surface area contributed by atoms with E-state index < -0.39 is 26.2 Å². The second-order valence-electron chi connectivity index (χ2n) is 3.18. The molecule has 0 aromatic heterocycles. The number of nitrogens with zero attached hydrogens (tertiary/aromatic N) is 1. The summed E-state index contributed by atoms with van der Waals surface area (Å²) in [7, 11) is -5.27. The van der Waals surface area contributed by atoms with Crippen LogP contribution in [0.1, 0.15) is 20.7 Å². The molecule has 0 fully saturated rings. The van der Waals surface area contributed by atoms with Crippen molar-refractivity contribution in [2.75, 3.05) is 0 Å². The van der Waals surface area contributed by atoms with E-state index in [1.165, 1.54) is 24.3 Å². The molecule has 0 aliphatic carbocycles. The molecule has 1 aliphatic heterocycles. The third-order valence-electron chi connectivity index (χ3n) is 2.27. The van der Waals surface area contributed by atoms with Crippen molar-refractivity contribution in [2.24, 2.45) is 0 Å². The molecule has 16 heavy (non-hydrogen) atoms. The van der Waals surface area contributed by atoms with Crippen LogP contribution in [0.5, 0.6) is 0 Å². The number of rotatable bonds is 1. The van der Waals surface area contributed by atoms with Gasteiger partial charge in [-0.3, -0.25) is 0 Å². The van der Waals surface area contributed by atoms with Gasteiger partial charge in [-0.15, -0.1) is 8.42 Å². The van der Waals surface area contributed by atoms with Gasteiger partial charge < -0.3 is 0 Å². The maximum atomic E-state index is 11.5. The van der Waals surface area contributed by atoms with Crippen molar-refractivity contribution in [1.29, 1.82) is 0 Å².